The SMILES string of the molecule is CC(C)c1cc(CC2CC=CCN2C)ccc1C(O)C(=O)O. The normalized spacial score (nSPS) is 20.3. The van der Waals surface area contributed by atoms with E-state index in [4.69, 9.17) is 5.11 Å². The maximum Gasteiger partial charge on any atom is 0.337 e. The summed E-state index contributed by atoms with van der Waals surface area (Å²) in [6.07, 6.45) is 4.92. The Morgan fingerprint density at radius 3 is 2.64 bits per heavy atom. The second kappa shape index (κ2) is 7.07. The number of carboxylic acids is 1. The molecule has 22 heavy (non-hydrogen) atoms. The smallest absolute Gasteiger partial charge is 0.337 e. The number of nitrogens with zero attached hydrogens (tertiary/aromatic N) is 1. The highest BCUT2D eigenvalue weighted by molar-refractivity contribution is 5.74. The third kappa shape index (κ3) is 3.76. The van der Waals surface area contributed by atoms with E-state index in [1.807, 2.05) is 19.9 Å². The van der Waals surface area contributed by atoms with Crippen LogP contribution in [-0.2, 0) is 11.2 Å². The van der Waals surface area contributed by atoms with Gasteiger partial charge in [0.2, 0.25) is 0 Å². The molecule has 4 nitrogen and oxygen atoms in total. The molecule has 1 aliphatic heterocycles. The summed E-state index contributed by atoms with van der Waals surface area (Å²) in [4.78, 5) is 13.4. The predicted molar refractivity (Wildman–Crippen MR) is 87.0 cm³/mol. The van der Waals surface area contributed by atoms with E-state index in [-0.39, 0.29) is 5.92 Å². The van der Waals surface area contributed by atoms with Gasteiger partial charge in [-0.15, -0.1) is 0 Å². The molecular formula is C18H25NO3. The van der Waals surface area contributed by atoms with Gasteiger partial charge in [-0.1, -0.05) is 44.2 Å². The second-order valence-electron chi connectivity index (χ2n) is 6.36. The van der Waals surface area contributed by atoms with E-state index in [1.165, 1.54) is 5.56 Å². The topological polar surface area (TPSA) is 60.8 Å². The molecule has 1 aliphatic rings. The maximum atomic E-state index is 11.1. The molecular weight excluding hydrogens is 278 g/mol. The Hall–Kier alpha value is -1.65. The Balaban J connectivity index is 2.25. The van der Waals surface area contributed by atoms with Crippen LogP contribution in [0.1, 0.15) is 49.0 Å². The van der Waals surface area contributed by atoms with Gasteiger partial charge in [0.25, 0.3) is 0 Å². The molecule has 0 aliphatic carbocycles. The molecule has 1 aromatic rings. The van der Waals surface area contributed by atoms with Gasteiger partial charge in [0.15, 0.2) is 6.10 Å². The van der Waals surface area contributed by atoms with Crippen LogP contribution in [0.2, 0.25) is 0 Å². The Kier molecular flexibility index (Phi) is 5.37. The summed E-state index contributed by atoms with van der Waals surface area (Å²) in [5.74, 6) is -1.03. The fourth-order valence-corrected chi connectivity index (χ4v) is 2.97. The van der Waals surface area contributed by atoms with Crippen LogP contribution in [-0.4, -0.2) is 40.7 Å². The first-order chi connectivity index (χ1) is 10.4. The van der Waals surface area contributed by atoms with Crippen LogP contribution in [0.3, 0.4) is 0 Å². The molecule has 120 valence electrons. The number of rotatable bonds is 5. The minimum atomic E-state index is -1.45. The summed E-state index contributed by atoms with van der Waals surface area (Å²) in [7, 11) is 2.13. The minimum absolute atomic E-state index is 0.174. The molecule has 0 radical (unpaired) electrons. The highest BCUT2D eigenvalue weighted by Crippen LogP contribution is 2.28. The molecule has 1 heterocycles. The summed E-state index contributed by atoms with van der Waals surface area (Å²) in [5, 5.41) is 18.9. The third-order valence-corrected chi connectivity index (χ3v) is 4.36. The molecule has 0 spiro atoms. The Bertz CT molecular complexity index is 565. The first-order valence-corrected chi connectivity index (χ1v) is 7.79. The van der Waals surface area contributed by atoms with Gasteiger partial charge in [0.05, 0.1) is 0 Å². The molecule has 0 bridgehead atoms. The average molecular weight is 303 g/mol. The van der Waals surface area contributed by atoms with Crippen molar-refractivity contribution in [1.29, 1.82) is 0 Å². The Morgan fingerprint density at radius 2 is 2.05 bits per heavy atom. The molecule has 0 amide bonds. The van der Waals surface area contributed by atoms with Crippen molar-refractivity contribution in [3.8, 4) is 0 Å². The van der Waals surface area contributed by atoms with Gasteiger partial charge < -0.3 is 10.2 Å². The number of hydrogen-bond acceptors (Lipinski definition) is 3. The number of aliphatic hydroxyl groups is 1. The lowest BCUT2D eigenvalue weighted by Gasteiger charge is -2.29. The van der Waals surface area contributed by atoms with Gasteiger partial charge in [-0.25, -0.2) is 4.79 Å². The van der Waals surface area contributed by atoms with E-state index in [0.717, 1.165) is 24.9 Å². The van der Waals surface area contributed by atoms with E-state index in [0.29, 0.717) is 11.6 Å². The largest absolute Gasteiger partial charge is 0.479 e. The zero-order chi connectivity index (χ0) is 16.3. The average Bonchev–Trinajstić information content (AvgIpc) is 2.48. The molecule has 2 rings (SSSR count). The fourth-order valence-electron chi connectivity index (χ4n) is 2.97. The van der Waals surface area contributed by atoms with E-state index in [2.05, 4.69) is 30.2 Å². The fraction of sp³-hybridized carbons (Fsp3) is 0.500. The quantitative estimate of drug-likeness (QED) is 0.821. The predicted octanol–water partition coefficient (Wildman–Crippen LogP) is 2.73. The second-order valence-corrected chi connectivity index (χ2v) is 6.36. The van der Waals surface area contributed by atoms with Crippen molar-refractivity contribution in [2.45, 2.75) is 44.8 Å². The number of aliphatic hydroxyl groups excluding tert-OH is 1. The van der Waals surface area contributed by atoms with Crippen molar-refractivity contribution in [3.05, 3.63) is 47.0 Å². The highest BCUT2D eigenvalue weighted by Gasteiger charge is 2.22. The highest BCUT2D eigenvalue weighted by atomic mass is 16.4. The van der Waals surface area contributed by atoms with Crippen LogP contribution >= 0.6 is 0 Å². The Labute approximate surface area is 132 Å². The lowest BCUT2D eigenvalue weighted by Crippen LogP contribution is -2.35. The molecule has 0 saturated carbocycles. The molecule has 2 unspecified atom stereocenters. The van der Waals surface area contributed by atoms with Gasteiger partial charge >= 0.3 is 5.97 Å². The first-order valence-electron chi connectivity index (χ1n) is 7.79. The molecule has 1 aromatic carbocycles. The van der Waals surface area contributed by atoms with E-state index in [1.54, 1.807) is 6.07 Å². The van der Waals surface area contributed by atoms with Gasteiger partial charge in [0, 0.05) is 12.6 Å². The molecule has 2 atom stereocenters. The monoisotopic (exact) mass is 303 g/mol. The maximum absolute atomic E-state index is 11.1. The number of hydrogen-bond donors (Lipinski definition) is 2. The number of likely N-dealkylation sites (N-methyl/N-ethyl adjacent to an activating group) is 1. The van der Waals surface area contributed by atoms with Gasteiger partial charge in [-0.2, -0.15) is 0 Å². The molecule has 4 heteroatoms. The molecule has 0 aromatic heterocycles. The Morgan fingerprint density at radius 1 is 1.32 bits per heavy atom. The van der Waals surface area contributed by atoms with Crippen molar-refractivity contribution in [3.63, 3.8) is 0 Å². The van der Waals surface area contributed by atoms with Crippen LogP contribution in [0, 0.1) is 0 Å². The molecule has 2 N–H and O–H groups in total. The van der Waals surface area contributed by atoms with Crippen LogP contribution in [0.5, 0.6) is 0 Å². The van der Waals surface area contributed by atoms with Gasteiger partial charge in [-0.3, -0.25) is 4.90 Å². The van der Waals surface area contributed by atoms with Crippen LogP contribution < -0.4 is 0 Å². The minimum Gasteiger partial charge on any atom is -0.479 e. The van der Waals surface area contributed by atoms with Crippen LogP contribution in [0.25, 0.3) is 0 Å². The van der Waals surface area contributed by atoms with Crippen LogP contribution in [0.4, 0.5) is 0 Å². The summed E-state index contributed by atoms with van der Waals surface area (Å²) in [6, 6.07) is 6.24. The van der Waals surface area contributed by atoms with Crippen molar-refractivity contribution in [2.75, 3.05) is 13.6 Å². The zero-order valence-electron chi connectivity index (χ0n) is 13.5. The summed E-state index contributed by atoms with van der Waals surface area (Å²) in [5.41, 5.74) is 2.61. The number of carbonyl (C=O) groups is 1. The van der Waals surface area contributed by atoms with Crippen LogP contribution in [0.15, 0.2) is 30.4 Å². The molecule has 0 saturated heterocycles. The standard InChI is InChI=1S/C18H25NO3/c1-12(2)16-11-13(7-8-15(16)17(20)18(21)22)10-14-6-4-5-9-19(14)3/h4-5,7-8,11-12,14,17,20H,6,9-10H2,1-3H3,(H,21,22). The number of carboxylic acid groups (broad SMARTS) is 1. The summed E-state index contributed by atoms with van der Waals surface area (Å²) >= 11 is 0. The number of aliphatic carboxylic acids is 1. The van der Waals surface area contributed by atoms with Gasteiger partial charge in [-0.05, 0) is 42.5 Å². The first kappa shape index (κ1) is 16.7. The van der Waals surface area contributed by atoms with E-state index >= 15 is 0 Å². The third-order valence-electron chi connectivity index (χ3n) is 4.36. The van der Waals surface area contributed by atoms with E-state index in [9.17, 15) is 9.90 Å². The van der Waals surface area contributed by atoms with Crippen molar-refractivity contribution >= 4 is 5.97 Å². The molecule has 0 fully saturated rings. The summed E-state index contributed by atoms with van der Waals surface area (Å²) in [6.45, 7) is 5.01. The lowest BCUT2D eigenvalue weighted by molar-refractivity contribution is -0.147. The van der Waals surface area contributed by atoms with Crippen molar-refractivity contribution in [2.24, 2.45) is 0 Å². The van der Waals surface area contributed by atoms with Crippen molar-refractivity contribution < 1.29 is 15.0 Å². The number of benzene rings is 1. The summed E-state index contributed by atoms with van der Waals surface area (Å²) < 4.78 is 0. The zero-order valence-corrected chi connectivity index (χ0v) is 13.5. The van der Waals surface area contributed by atoms with Gasteiger partial charge in [0.1, 0.15) is 0 Å². The van der Waals surface area contributed by atoms with E-state index < -0.39 is 12.1 Å². The lowest BCUT2D eigenvalue weighted by atomic mass is 9.89. The van der Waals surface area contributed by atoms with Crippen molar-refractivity contribution in [1.82, 2.24) is 4.90 Å².